The summed E-state index contributed by atoms with van der Waals surface area (Å²) in [5, 5.41) is 0. The van der Waals surface area contributed by atoms with E-state index in [4.69, 9.17) is 0 Å². The molecule has 0 saturated heterocycles. The molecule has 0 radical (unpaired) electrons. The van der Waals surface area contributed by atoms with Gasteiger partial charge in [-0.15, -0.1) is 6.58 Å². The molecule has 0 aromatic carbocycles. The Labute approximate surface area is 127 Å². The third-order valence-corrected chi connectivity index (χ3v) is 2.65. The Morgan fingerprint density at radius 2 is 1.30 bits per heavy atom. The molecule has 0 aromatic rings. The van der Waals surface area contributed by atoms with Crippen molar-refractivity contribution in [2.45, 2.75) is 53.9 Å². The maximum absolute atomic E-state index is 3.82. The first kappa shape index (κ1) is 20.8. The van der Waals surface area contributed by atoms with Gasteiger partial charge in [0.15, 0.2) is 0 Å². The van der Waals surface area contributed by atoms with E-state index in [2.05, 4.69) is 72.6 Å². The molecular formula is C20H32. The maximum Gasteiger partial charge on any atom is -0.0161 e. The molecule has 20 heavy (non-hydrogen) atoms. The van der Waals surface area contributed by atoms with Gasteiger partial charge in [-0.05, 0) is 53.9 Å². The van der Waals surface area contributed by atoms with Crippen LogP contribution in [0.15, 0.2) is 72.4 Å². The fourth-order valence-corrected chi connectivity index (χ4v) is 1.19. The molecule has 0 saturated carbocycles. The molecule has 112 valence electrons. The van der Waals surface area contributed by atoms with Crippen LogP contribution < -0.4 is 0 Å². The van der Waals surface area contributed by atoms with Crippen molar-refractivity contribution in [2.24, 2.45) is 0 Å². The second kappa shape index (κ2) is 13.9. The summed E-state index contributed by atoms with van der Waals surface area (Å²) in [5.74, 6) is 0. The quantitative estimate of drug-likeness (QED) is 0.347. The average molecular weight is 272 g/mol. The summed E-state index contributed by atoms with van der Waals surface area (Å²) in [4.78, 5) is 0. The Morgan fingerprint density at radius 1 is 0.800 bits per heavy atom. The monoisotopic (exact) mass is 272 g/mol. The molecule has 0 rings (SSSR count). The Kier molecular flexibility index (Phi) is 14.4. The standard InChI is InChI=1S/2C10H16/c2*1-5-10(4)8-6-7-9(2)3/h5,7-8H,1,6H2,2-4H3;5,8H,1-2,6-7H2,3-4H3. The minimum absolute atomic E-state index is 1.03. The molecule has 0 aliphatic carbocycles. The Balaban J connectivity index is 0. The SMILES string of the molecule is C=CC(C)=CCC=C(C)C.C=CC(C)=CCCC(=C)C. The third kappa shape index (κ3) is 18.8. The van der Waals surface area contributed by atoms with Crippen LogP contribution in [0.1, 0.15) is 53.9 Å². The summed E-state index contributed by atoms with van der Waals surface area (Å²) < 4.78 is 0. The van der Waals surface area contributed by atoms with Crippen molar-refractivity contribution in [1.82, 2.24) is 0 Å². The van der Waals surface area contributed by atoms with E-state index in [-0.39, 0.29) is 0 Å². The van der Waals surface area contributed by atoms with Crippen molar-refractivity contribution >= 4 is 0 Å². The predicted octanol–water partition coefficient (Wildman–Crippen LogP) is 6.95. The maximum atomic E-state index is 3.82. The molecule has 0 aliphatic rings. The molecule has 0 fully saturated rings. The first-order valence-electron chi connectivity index (χ1n) is 7.19. The molecule has 0 aromatic heterocycles. The molecule has 0 bridgehead atoms. The first-order valence-corrected chi connectivity index (χ1v) is 7.19. The van der Waals surface area contributed by atoms with Crippen molar-refractivity contribution in [3.8, 4) is 0 Å². The number of hydrogen-bond donors (Lipinski definition) is 0. The Morgan fingerprint density at radius 3 is 1.70 bits per heavy atom. The van der Waals surface area contributed by atoms with E-state index in [1.54, 1.807) is 0 Å². The van der Waals surface area contributed by atoms with Crippen molar-refractivity contribution in [3.63, 3.8) is 0 Å². The molecule has 0 atom stereocenters. The van der Waals surface area contributed by atoms with Crippen LogP contribution in [-0.4, -0.2) is 0 Å². The second-order valence-corrected chi connectivity index (χ2v) is 5.32. The van der Waals surface area contributed by atoms with Crippen LogP contribution in [0.5, 0.6) is 0 Å². The molecular weight excluding hydrogens is 240 g/mol. The molecule has 0 heteroatoms. The zero-order chi connectivity index (χ0) is 16.0. The highest BCUT2D eigenvalue weighted by atomic mass is 13.9. The molecule has 0 amide bonds. The van der Waals surface area contributed by atoms with Gasteiger partial charge < -0.3 is 0 Å². The van der Waals surface area contributed by atoms with Crippen molar-refractivity contribution in [2.75, 3.05) is 0 Å². The van der Waals surface area contributed by atoms with Crippen LogP contribution in [-0.2, 0) is 0 Å². The smallest absolute Gasteiger partial charge is 0.0161 e. The van der Waals surface area contributed by atoms with Crippen LogP contribution in [0.2, 0.25) is 0 Å². The van der Waals surface area contributed by atoms with Gasteiger partial charge in [-0.1, -0.05) is 65.8 Å². The number of rotatable bonds is 7. The lowest BCUT2D eigenvalue weighted by Gasteiger charge is -1.93. The Hall–Kier alpha value is -1.56. The topological polar surface area (TPSA) is 0 Å². The molecule has 0 spiro atoms. The lowest BCUT2D eigenvalue weighted by molar-refractivity contribution is 0.977. The van der Waals surface area contributed by atoms with Crippen LogP contribution in [0.25, 0.3) is 0 Å². The van der Waals surface area contributed by atoms with Gasteiger partial charge in [0.1, 0.15) is 0 Å². The summed E-state index contributed by atoms with van der Waals surface area (Å²) in [6.45, 7) is 21.6. The van der Waals surface area contributed by atoms with Crippen LogP contribution in [0.4, 0.5) is 0 Å². The molecule has 0 unspecified atom stereocenters. The highest BCUT2D eigenvalue weighted by molar-refractivity contribution is 5.14. The summed E-state index contributed by atoms with van der Waals surface area (Å²) >= 11 is 0. The predicted molar refractivity (Wildman–Crippen MR) is 96.0 cm³/mol. The van der Waals surface area contributed by atoms with Crippen LogP contribution in [0, 0.1) is 0 Å². The van der Waals surface area contributed by atoms with Gasteiger partial charge in [0.05, 0.1) is 0 Å². The van der Waals surface area contributed by atoms with Gasteiger partial charge in [0, 0.05) is 0 Å². The van der Waals surface area contributed by atoms with Crippen LogP contribution in [0.3, 0.4) is 0 Å². The lowest BCUT2D eigenvalue weighted by Crippen LogP contribution is -1.73. The zero-order valence-electron chi connectivity index (χ0n) is 14.1. The zero-order valence-corrected chi connectivity index (χ0v) is 14.1. The van der Waals surface area contributed by atoms with Gasteiger partial charge in [-0.25, -0.2) is 0 Å². The van der Waals surface area contributed by atoms with Crippen molar-refractivity contribution < 1.29 is 0 Å². The van der Waals surface area contributed by atoms with Gasteiger partial charge >= 0.3 is 0 Å². The van der Waals surface area contributed by atoms with E-state index in [0.29, 0.717) is 0 Å². The van der Waals surface area contributed by atoms with Crippen molar-refractivity contribution in [1.29, 1.82) is 0 Å². The minimum atomic E-state index is 1.03. The minimum Gasteiger partial charge on any atom is -0.100 e. The van der Waals surface area contributed by atoms with E-state index in [1.165, 1.54) is 22.3 Å². The summed E-state index contributed by atoms with van der Waals surface area (Å²) in [7, 11) is 0. The summed E-state index contributed by atoms with van der Waals surface area (Å²) in [5.41, 5.74) is 5.11. The van der Waals surface area contributed by atoms with E-state index in [0.717, 1.165) is 19.3 Å². The largest absolute Gasteiger partial charge is 0.100 e. The molecule has 0 heterocycles. The van der Waals surface area contributed by atoms with Crippen LogP contribution >= 0.6 is 0 Å². The van der Waals surface area contributed by atoms with Crippen molar-refractivity contribution in [3.05, 3.63) is 72.4 Å². The van der Waals surface area contributed by atoms with Gasteiger partial charge in [0.2, 0.25) is 0 Å². The summed E-state index contributed by atoms with van der Waals surface area (Å²) in [6.07, 6.45) is 13.5. The molecule has 0 N–H and O–H groups in total. The van der Waals surface area contributed by atoms with E-state index >= 15 is 0 Å². The van der Waals surface area contributed by atoms with Gasteiger partial charge in [-0.2, -0.15) is 0 Å². The summed E-state index contributed by atoms with van der Waals surface area (Å²) in [6, 6.07) is 0. The first-order chi connectivity index (χ1) is 9.33. The number of hydrogen-bond acceptors (Lipinski definition) is 0. The normalized spacial score (nSPS) is 11.1. The highest BCUT2D eigenvalue weighted by Crippen LogP contribution is 2.04. The number of allylic oxidation sites excluding steroid dienone is 9. The fourth-order valence-electron chi connectivity index (χ4n) is 1.19. The molecule has 0 nitrogen and oxygen atoms in total. The van der Waals surface area contributed by atoms with Gasteiger partial charge in [0.25, 0.3) is 0 Å². The van der Waals surface area contributed by atoms with E-state index in [9.17, 15) is 0 Å². The molecule has 0 aliphatic heterocycles. The second-order valence-electron chi connectivity index (χ2n) is 5.32. The highest BCUT2D eigenvalue weighted by Gasteiger charge is 1.83. The fraction of sp³-hybridized carbons (Fsp3) is 0.400. The lowest BCUT2D eigenvalue weighted by atomic mass is 10.1. The van der Waals surface area contributed by atoms with E-state index in [1.807, 2.05) is 12.2 Å². The Bertz CT molecular complexity index is 382. The third-order valence-electron chi connectivity index (χ3n) is 2.65. The average Bonchev–Trinajstić information content (AvgIpc) is 2.38. The van der Waals surface area contributed by atoms with E-state index < -0.39 is 0 Å². The van der Waals surface area contributed by atoms with Gasteiger partial charge in [-0.3, -0.25) is 0 Å².